The molecule has 7 nitrogen and oxygen atoms in total. The van der Waals surface area contributed by atoms with Gasteiger partial charge in [-0.05, 0) is 0 Å². The van der Waals surface area contributed by atoms with Gasteiger partial charge in [0.25, 0.3) is 5.56 Å². The van der Waals surface area contributed by atoms with Crippen LogP contribution in [0.3, 0.4) is 0 Å². The number of carboxylic acids is 1. The minimum absolute atomic E-state index is 0.0973. The number of carboxylic acid groups (broad SMARTS) is 1. The molecule has 0 radical (unpaired) electrons. The number of hydrogen-bond donors (Lipinski definition) is 3. The third-order valence-corrected chi connectivity index (χ3v) is 1.30. The second-order valence-corrected chi connectivity index (χ2v) is 2.12. The molecule has 1 aromatic rings. The van der Waals surface area contributed by atoms with Gasteiger partial charge in [0.2, 0.25) is 0 Å². The lowest BCUT2D eigenvalue weighted by Gasteiger charge is -1.95. The zero-order valence-corrected chi connectivity index (χ0v) is 6.16. The Labute approximate surface area is 70.0 Å². The van der Waals surface area contributed by atoms with Crippen LogP contribution in [0.15, 0.2) is 9.59 Å². The molecule has 7 heteroatoms. The summed E-state index contributed by atoms with van der Waals surface area (Å²) in [6.07, 6.45) is 0.0973. The quantitative estimate of drug-likeness (QED) is 0.487. The third kappa shape index (κ3) is 1.53. The molecule has 0 aliphatic rings. The summed E-state index contributed by atoms with van der Waals surface area (Å²) >= 11 is 0. The van der Waals surface area contributed by atoms with E-state index < -0.39 is 28.5 Å². The average Bonchev–Trinajstić information content (AvgIpc) is 2.01. The van der Waals surface area contributed by atoms with Crippen molar-refractivity contribution in [3.05, 3.63) is 32.1 Å². The molecule has 0 aromatic carbocycles. The lowest BCUT2D eigenvalue weighted by atomic mass is 10.2. The molecule has 0 saturated carbocycles. The molecule has 0 unspecified atom stereocenters. The van der Waals surface area contributed by atoms with E-state index in [9.17, 15) is 19.2 Å². The first-order valence-corrected chi connectivity index (χ1v) is 3.11. The molecule has 1 heterocycles. The lowest BCUT2D eigenvalue weighted by molar-refractivity contribution is 0.0691. The van der Waals surface area contributed by atoms with Crippen LogP contribution in [0, 0.1) is 0 Å². The van der Waals surface area contributed by atoms with Crippen LogP contribution in [0.4, 0.5) is 0 Å². The van der Waals surface area contributed by atoms with Crippen molar-refractivity contribution in [2.24, 2.45) is 0 Å². The van der Waals surface area contributed by atoms with Crippen LogP contribution in [-0.4, -0.2) is 27.3 Å². The molecule has 0 amide bonds. The topological polar surface area (TPSA) is 120 Å². The summed E-state index contributed by atoms with van der Waals surface area (Å²) in [5, 5.41) is 8.47. The van der Waals surface area contributed by atoms with Crippen LogP contribution in [0.2, 0.25) is 0 Å². The highest BCUT2D eigenvalue weighted by atomic mass is 16.4. The number of rotatable bonds is 2. The summed E-state index contributed by atoms with van der Waals surface area (Å²) in [7, 11) is 0. The molecule has 0 saturated heterocycles. The Morgan fingerprint density at radius 2 is 1.92 bits per heavy atom. The molecule has 0 aliphatic carbocycles. The van der Waals surface area contributed by atoms with Crippen molar-refractivity contribution in [1.82, 2.24) is 9.97 Å². The Hall–Kier alpha value is -2.18. The molecule has 0 fully saturated rings. The van der Waals surface area contributed by atoms with E-state index >= 15 is 0 Å². The van der Waals surface area contributed by atoms with E-state index in [2.05, 4.69) is 0 Å². The van der Waals surface area contributed by atoms with E-state index in [1.807, 2.05) is 4.98 Å². The molecular formula is C6H4N2O5. The monoisotopic (exact) mass is 184 g/mol. The Morgan fingerprint density at radius 1 is 1.31 bits per heavy atom. The third-order valence-electron chi connectivity index (χ3n) is 1.30. The molecule has 0 spiro atoms. The maximum atomic E-state index is 10.8. The smallest absolute Gasteiger partial charge is 0.343 e. The summed E-state index contributed by atoms with van der Waals surface area (Å²) in [5.74, 6) is -1.57. The standard InChI is InChI=1S/C6H4N2O5/c9-1-2-3(5(11)12)4(10)8-6(13)7-2/h1H,(H,11,12)(H2,7,8,10,13). The summed E-state index contributed by atoms with van der Waals surface area (Å²) in [6.45, 7) is 0. The fourth-order valence-corrected chi connectivity index (χ4v) is 0.805. The van der Waals surface area contributed by atoms with Gasteiger partial charge in [-0.15, -0.1) is 0 Å². The van der Waals surface area contributed by atoms with Crippen molar-refractivity contribution >= 4 is 12.3 Å². The molecule has 0 bridgehead atoms. The maximum Gasteiger partial charge on any atom is 0.343 e. The van der Waals surface area contributed by atoms with Gasteiger partial charge in [-0.25, -0.2) is 9.59 Å². The number of carbonyl (C=O) groups excluding carboxylic acids is 1. The van der Waals surface area contributed by atoms with Crippen LogP contribution < -0.4 is 11.2 Å². The van der Waals surface area contributed by atoms with Gasteiger partial charge >= 0.3 is 11.7 Å². The average molecular weight is 184 g/mol. The van der Waals surface area contributed by atoms with Crippen LogP contribution >= 0.6 is 0 Å². The van der Waals surface area contributed by atoms with Crippen molar-refractivity contribution in [1.29, 1.82) is 0 Å². The zero-order valence-electron chi connectivity index (χ0n) is 6.16. The first-order chi connectivity index (χ1) is 6.06. The van der Waals surface area contributed by atoms with Crippen molar-refractivity contribution < 1.29 is 14.7 Å². The fraction of sp³-hybridized carbons (Fsp3) is 0. The Bertz CT molecular complexity index is 469. The number of H-pyrrole nitrogens is 2. The van der Waals surface area contributed by atoms with Gasteiger partial charge < -0.3 is 10.1 Å². The largest absolute Gasteiger partial charge is 0.477 e. The highest BCUT2D eigenvalue weighted by Gasteiger charge is 2.15. The summed E-state index contributed by atoms with van der Waals surface area (Å²) in [5.41, 5.74) is -3.33. The van der Waals surface area contributed by atoms with Gasteiger partial charge in [-0.3, -0.25) is 14.6 Å². The van der Waals surface area contributed by atoms with Crippen LogP contribution in [0.1, 0.15) is 20.8 Å². The number of nitrogens with one attached hydrogen (secondary N) is 2. The number of aromatic amines is 2. The van der Waals surface area contributed by atoms with E-state index in [0.29, 0.717) is 0 Å². The van der Waals surface area contributed by atoms with E-state index in [0.717, 1.165) is 0 Å². The van der Waals surface area contributed by atoms with Gasteiger partial charge in [0, 0.05) is 0 Å². The normalized spacial score (nSPS) is 9.54. The zero-order chi connectivity index (χ0) is 10.0. The summed E-state index contributed by atoms with van der Waals surface area (Å²) in [6, 6.07) is 0. The van der Waals surface area contributed by atoms with Gasteiger partial charge in [-0.1, -0.05) is 0 Å². The molecule has 68 valence electrons. The molecule has 3 N–H and O–H groups in total. The second-order valence-electron chi connectivity index (χ2n) is 2.12. The van der Waals surface area contributed by atoms with Gasteiger partial charge in [0.1, 0.15) is 5.69 Å². The molecular weight excluding hydrogens is 180 g/mol. The fourth-order valence-electron chi connectivity index (χ4n) is 0.805. The SMILES string of the molecule is O=Cc1[nH]c(=O)[nH]c(=O)c1C(=O)O. The van der Waals surface area contributed by atoms with Crippen LogP contribution in [0.25, 0.3) is 0 Å². The Balaban J connectivity index is 3.67. The van der Waals surface area contributed by atoms with Gasteiger partial charge in [-0.2, -0.15) is 0 Å². The number of aromatic carboxylic acids is 1. The van der Waals surface area contributed by atoms with Crippen molar-refractivity contribution in [3.8, 4) is 0 Å². The molecule has 1 aromatic heterocycles. The molecule has 0 aliphatic heterocycles. The number of hydrogen-bond acceptors (Lipinski definition) is 4. The van der Waals surface area contributed by atoms with Crippen LogP contribution in [0.5, 0.6) is 0 Å². The summed E-state index contributed by atoms with van der Waals surface area (Å²) < 4.78 is 0. The predicted molar refractivity (Wildman–Crippen MR) is 40.0 cm³/mol. The second kappa shape index (κ2) is 3.05. The summed E-state index contributed by atoms with van der Waals surface area (Å²) in [4.78, 5) is 45.7. The van der Waals surface area contributed by atoms with Gasteiger partial charge in [0.05, 0.1) is 0 Å². The Kier molecular flexibility index (Phi) is 2.09. The number of aromatic nitrogens is 2. The van der Waals surface area contributed by atoms with Crippen molar-refractivity contribution in [2.45, 2.75) is 0 Å². The molecule has 13 heavy (non-hydrogen) atoms. The minimum Gasteiger partial charge on any atom is -0.477 e. The highest BCUT2D eigenvalue weighted by Crippen LogP contribution is 1.92. The predicted octanol–water partition coefficient (Wildman–Crippen LogP) is -1.43. The van der Waals surface area contributed by atoms with E-state index in [1.165, 1.54) is 0 Å². The van der Waals surface area contributed by atoms with E-state index in [-0.39, 0.29) is 6.29 Å². The van der Waals surface area contributed by atoms with E-state index in [1.54, 1.807) is 4.98 Å². The molecule has 0 atom stereocenters. The van der Waals surface area contributed by atoms with Crippen molar-refractivity contribution in [3.63, 3.8) is 0 Å². The first kappa shape index (κ1) is 8.91. The Morgan fingerprint density at radius 3 is 2.38 bits per heavy atom. The van der Waals surface area contributed by atoms with Gasteiger partial charge in [0.15, 0.2) is 11.8 Å². The van der Waals surface area contributed by atoms with Crippen molar-refractivity contribution in [2.75, 3.05) is 0 Å². The maximum absolute atomic E-state index is 10.8. The van der Waals surface area contributed by atoms with E-state index in [4.69, 9.17) is 5.11 Å². The van der Waals surface area contributed by atoms with Crippen LogP contribution in [-0.2, 0) is 0 Å². The molecule has 1 rings (SSSR count). The minimum atomic E-state index is -1.57. The first-order valence-electron chi connectivity index (χ1n) is 3.11. The lowest BCUT2D eigenvalue weighted by Crippen LogP contribution is -2.30. The number of carbonyl (C=O) groups is 2. The number of aldehydes is 1. The highest BCUT2D eigenvalue weighted by molar-refractivity contribution is 5.95.